The summed E-state index contributed by atoms with van der Waals surface area (Å²) in [5.41, 5.74) is -0.598. The summed E-state index contributed by atoms with van der Waals surface area (Å²) in [5, 5.41) is 80.0. The molecule has 5 aliphatic rings. The van der Waals surface area contributed by atoms with E-state index in [0.717, 1.165) is 0 Å². The molecule has 0 aliphatic heterocycles. The van der Waals surface area contributed by atoms with E-state index in [4.69, 9.17) is 9.47 Å². The van der Waals surface area contributed by atoms with Gasteiger partial charge in [-0.15, -0.1) is 0 Å². The fourth-order valence-electron chi connectivity index (χ4n) is 26.0. The largest absolute Gasteiger partial charge is 0.459 e. The zero-order chi connectivity index (χ0) is 46.6. The van der Waals surface area contributed by atoms with E-state index in [1.165, 1.54) is 259 Å². The van der Waals surface area contributed by atoms with E-state index in [1.807, 2.05) is 41.5 Å². The van der Waals surface area contributed by atoms with Gasteiger partial charge in [0.05, 0.1) is 10.8 Å². The van der Waals surface area contributed by atoms with Crippen molar-refractivity contribution in [1.82, 2.24) is 0 Å². The quantitative estimate of drug-likeness (QED) is 0.0984. The molecule has 4 heteroatoms. The van der Waals surface area contributed by atoms with Crippen LogP contribution in [-0.4, -0.2) is 23.1 Å². The lowest BCUT2D eigenvalue weighted by molar-refractivity contribution is -0.179. The minimum absolute atomic E-state index is 0.403. The van der Waals surface area contributed by atoms with Gasteiger partial charge in [-0.05, 0) is 355 Å². The van der Waals surface area contributed by atoms with Crippen molar-refractivity contribution in [3.63, 3.8) is 0 Å². The summed E-state index contributed by atoms with van der Waals surface area (Å²) >= 11 is 0. The van der Waals surface area contributed by atoms with Gasteiger partial charge in [0.15, 0.2) is 5.41 Å². The molecule has 1 fully saturated rings. The Bertz CT molecular complexity index is 6890. The van der Waals surface area contributed by atoms with Gasteiger partial charge in [-0.1, -0.05) is 0 Å². The molecule has 1 saturated carbocycles. The predicted octanol–water partition coefficient (Wildman–Crippen LogP) is 18.0. The molecule has 75 heavy (non-hydrogen) atoms. The summed E-state index contributed by atoms with van der Waals surface area (Å²) in [4.78, 5) is 34.5. The number of carbonyl (C=O) groups is 2. The van der Waals surface area contributed by atoms with Crippen LogP contribution in [0.5, 0.6) is 0 Å². The zero-order valence-corrected chi connectivity index (χ0v) is 40.1. The highest BCUT2D eigenvalue weighted by atomic mass is 16.6. The Morgan fingerprint density at radius 1 is 0.213 bits per heavy atom. The van der Waals surface area contributed by atoms with Crippen LogP contribution in [-0.2, 0) is 29.9 Å². The van der Waals surface area contributed by atoms with E-state index >= 15 is 9.59 Å². The fraction of sp³-hybridized carbons (Fsp3) is 0.155. The molecular formula is C71H18O4. The van der Waals surface area contributed by atoms with Crippen LogP contribution < -0.4 is 0 Å². The molecule has 33 rings (SSSR count). The SMILES string of the molecule is CC(C)(C)OC(=O)C1(C(=O)OC(C)(C)C)C23c4c5c6c7c8c9c(c%10c%11c2c2c4c4c%12c5c5c6c6c8c8c%13c9c9c%10c%10c%11c%11c2c2c4c4c%12c%12c5c5c6c8c6c8c%13c9c9c%10c%10c%11c2c2c4c4c%12c5c6c5c8c9c%10c2c45)C713. The molecule has 0 aromatic heterocycles. The predicted molar refractivity (Wildman–Crippen MR) is 308 cm³/mol. The highest BCUT2D eigenvalue weighted by Gasteiger charge is 3.01. The number of hydrogen-bond acceptors (Lipinski definition) is 4. The molecule has 5 aliphatic carbocycles. The number of carbonyl (C=O) groups excluding carboxylic acids is 2. The van der Waals surface area contributed by atoms with Crippen molar-refractivity contribution in [2.24, 2.45) is 5.41 Å². The Kier molecular flexibility index (Phi) is 2.62. The first-order valence-electron chi connectivity index (χ1n) is 27.7. The van der Waals surface area contributed by atoms with Crippen LogP contribution in [0.3, 0.4) is 0 Å². The summed E-state index contributed by atoms with van der Waals surface area (Å²) in [6.45, 7) is 12.0. The topological polar surface area (TPSA) is 52.6 Å². The normalized spacial score (nSPS) is 20.0. The summed E-state index contributed by atoms with van der Waals surface area (Å²) < 4.78 is 14.2. The van der Waals surface area contributed by atoms with Crippen LogP contribution in [0, 0.1) is 5.41 Å². The summed E-state index contributed by atoms with van der Waals surface area (Å²) in [7, 11) is 0. The first-order chi connectivity index (χ1) is 36.5. The van der Waals surface area contributed by atoms with E-state index in [9.17, 15) is 0 Å². The molecule has 0 saturated heterocycles. The second-order valence-corrected chi connectivity index (χ2v) is 29.0. The maximum absolute atomic E-state index is 17.2. The molecule has 0 bridgehead atoms. The molecule has 28 aromatic rings. The smallest absolute Gasteiger partial charge is 0.326 e. The minimum Gasteiger partial charge on any atom is -0.459 e. The van der Waals surface area contributed by atoms with Gasteiger partial charge >= 0.3 is 11.9 Å². The molecule has 326 valence electrons. The maximum Gasteiger partial charge on any atom is 0.326 e. The maximum atomic E-state index is 17.2. The van der Waals surface area contributed by atoms with Gasteiger partial charge in [0.2, 0.25) is 0 Å². The van der Waals surface area contributed by atoms with E-state index in [2.05, 4.69) is 0 Å². The molecule has 28 aromatic carbocycles. The molecule has 0 heterocycles. The van der Waals surface area contributed by atoms with Crippen molar-refractivity contribution in [1.29, 1.82) is 0 Å². The van der Waals surface area contributed by atoms with Gasteiger partial charge in [0, 0.05) is 0 Å². The van der Waals surface area contributed by atoms with Crippen LogP contribution in [0.15, 0.2) is 0 Å². The molecule has 0 N–H and O–H groups in total. The average Bonchev–Trinajstić information content (AvgIpc) is 4.39. The number of esters is 2. The molecule has 0 amide bonds. The van der Waals surface area contributed by atoms with E-state index in [0.29, 0.717) is 0 Å². The fourth-order valence-corrected chi connectivity index (χ4v) is 26.0. The van der Waals surface area contributed by atoms with Crippen molar-refractivity contribution in [2.45, 2.75) is 63.6 Å². The Hall–Kier alpha value is -8.60. The highest BCUT2D eigenvalue weighted by molar-refractivity contribution is 6.82. The Labute approximate surface area is 411 Å². The van der Waals surface area contributed by atoms with Crippen LogP contribution in [0.2, 0.25) is 0 Å². The number of benzene rings is 18. The van der Waals surface area contributed by atoms with Gasteiger partial charge in [-0.2, -0.15) is 0 Å². The Morgan fingerprint density at radius 2 is 0.320 bits per heavy atom. The standard InChI is InChI=1S/C71H18O4/c1-67(2,3)74-65(72)71(66(73)75-68(4,5)6)69-61-53-45-35-25-17-9-7-8-11-15-13(9)21-29-23(15)33-27-19(11)20-12(8)16-14-10(7)18(17)26-32-22(14)30-24(16)34-28(20)38-37(27)47-41(33)51-43(29)49(39(45)31(21)25)57(61)59(51)63-55(47)56-48(38)42(34)52-44(30)50-40(32)46(36(26)35)54(53)62(69)58(50)60(52)64(56)70(63,69)71/h1-6H3. The molecule has 0 radical (unpaired) electrons. The lowest BCUT2D eigenvalue weighted by Gasteiger charge is -2.32. The minimum atomic E-state index is -1.75. The Morgan fingerprint density at radius 3 is 0.427 bits per heavy atom. The average molecular weight is 935 g/mol. The zero-order valence-electron chi connectivity index (χ0n) is 40.1. The van der Waals surface area contributed by atoms with E-state index < -0.39 is 39.4 Å². The first-order valence-corrected chi connectivity index (χ1v) is 27.7. The van der Waals surface area contributed by atoms with E-state index in [1.54, 1.807) is 53.9 Å². The van der Waals surface area contributed by atoms with Crippen LogP contribution >= 0.6 is 0 Å². The molecule has 0 unspecified atom stereocenters. The van der Waals surface area contributed by atoms with Gasteiger partial charge in [0.25, 0.3) is 0 Å². The molecule has 0 atom stereocenters. The highest BCUT2D eigenvalue weighted by Crippen LogP contribution is 2.96. The second-order valence-electron chi connectivity index (χ2n) is 29.0. The summed E-state index contributed by atoms with van der Waals surface area (Å²) in [6.07, 6.45) is 0. The van der Waals surface area contributed by atoms with Crippen molar-refractivity contribution in [3.05, 3.63) is 22.3 Å². The third-order valence-corrected chi connectivity index (χ3v) is 25.8. The van der Waals surface area contributed by atoms with Gasteiger partial charge in [0.1, 0.15) is 11.2 Å². The van der Waals surface area contributed by atoms with Gasteiger partial charge in [-0.3, -0.25) is 9.59 Å². The second kappa shape index (κ2) is 6.56. The summed E-state index contributed by atoms with van der Waals surface area (Å²) in [5.74, 6) is -0.807. The molecule has 2 spiro atoms. The summed E-state index contributed by atoms with van der Waals surface area (Å²) in [6, 6.07) is 0. The molecular weight excluding hydrogens is 917 g/mol. The van der Waals surface area contributed by atoms with Crippen LogP contribution in [0.1, 0.15) is 63.8 Å². The van der Waals surface area contributed by atoms with E-state index in [-0.39, 0.29) is 0 Å². The lowest BCUT2D eigenvalue weighted by atomic mass is 9.68. The first kappa shape index (κ1) is 29.9. The number of hydrogen-bond donors (Lipinski definition) is 0. The number of rotatable bonds is 2. The molecule has 4 nitrogen and oxygen atoms in total. The van der Waals surface area contributed by atoms with Gasteiger partial charge in [-0.25, -0.2) is 0 Å². The van der Waals surface area contributed by atoms with Crippen LogP contribution in [0.25, 0.3) is 291 Å². The Balaban J connectivity index is 1.13. The van der Waals surface area contributed by atoms with Gasteiger partial charge < -0.3 is 9.47 Å². The van der Waals surface area contributed by atoms with Crippen molar-refractivity contribution in [2.75, 3.05) is 0 Å². The van der Waals surface area contributed by atoms with Crippen molar-refractivity contribution >= 4 is 303 Å². The van der Waals surface area contributed by atoms with Crippen LogP contribution in [0.4, 0.5) is 0 Å². The third kappa shape index (κ3) is 1.62. The van der Waals surface area contributed by atoms with Crippen molar-refractivity contribution < 1.29 is 19.1 Å². The number of ether oxygens (including phenoxy) is 2. The lowest BCUT2D eigenvalue weighted by Crippen LogP contribution is -2.44. The third-order valence-electron chi connectivity index (χ3n) is 25.8. The monoisotopic (exact) mass is 934 g/mol. The van der Waals surface area contributed by atoms with Crippen molar-refractivity contribution in [3.8, 4) is 0 Å².